The summed E-state index contributed by atoms with van der Waals surface area (Å²) in [6.45, 7) is 5.69. The van der Waals surface area contributed by atoms with Crippen molar-refractivity contribution in [2.75, 3.05) is 37.4 Å². The van der Waals surface area contributed by atoms with Gasteiger partial charge in [0.2, 0.25) is 0 Å². The van der Waals surface area contributed by atoms with Crippen LogP contribution in [0.2, 0.25) is 0 Å². The summed E-state index contributed by atoms with van der Waals surface area (Å²) in [5, 5.41) is 15.8. The van der Waals surface area contributed by atoms with Crippen molar-refractivity contribution in [2.45, 2.75) is 26.4 Å². The van der Waals surface area contributed by atoms with E-state index in [9.17, 15) is 5.11 Å². The number of aryl methyl sites for hydroxylation is 1. The summed E-state index contributed by atoms with van der Waals surface area (Å²) in [6, 6.07) is 1.86. The fourth-order valence-corrected chi connectivity index (χ4v) is 1.57. The SMILES string of the molecule is CCNc1cc(NCCC(O)COC)nc(C)n1. The van der Waals surface area contributed by atoms with Crippen LogP contribution in [0.25, 0.3) is 0 Å². The molecule has 0 aliphatic carbocycles. The summed E-state index contributed by atoms with van der Waals surface area (Å²) in [4.78, 5) is 8.55. The minimum Gasteiger partial charge on any atom is -0.391 e. The van der Waals surface area contributed by atoms with Crippen molar-refractivity contribution in [3.63, 3.8) is 0 Å². The summed E-state index contributed by atoms with van der Waals surface area (Å²) in [5.41, 5.74) is 0. The number of anilines is 2. The first kappa shape index (κ1) is 14.7. The van der Waals surface area contributed by atoms with E-state index in [4.69, 9.17) is 4.74 Å². The number of hydrogen-bond acceptors (Lipinski definition) is 6. The molecule has 1 rings (SSSR count). The van der Waals surface area contributed by atoms with E-state index in [-0.39, 0.29) is 0 Å². The van der Waals surface area contributed by atoms with Gasteiger partial charge in [-0.05, 0) is 20.3 Å². The van der Waals surface area contributed by atoms with Crippen LogP contribution in [0.4, 0.5) is 11.6 Å². The molecule has 3 N–H and O–H groups in total. The Morgan fingerprint density at radius 2 is 2.00 bits per heavy atom. The van der Waals surface area contributed by atoms with E-state index >= 15 is 0 Å². The summed E-state index contributed by atoms with van der Waals surface area (Å²) < 4.78 is 4.86. The maximum absolute atomic E-state index is 9.51. The molecule has 102 valence electrons. The summed E-state index contributed by atoms with van der Waals surface area (Å²) in [5.74, 6) is 2.29. The number of ether oxygens (including phenoxy) is 1. The average molecular weight is 254 g/mol. The Hall–Kier alpha value is -1.40. The number of methoxy groups -OCH3 is 1. The zero-order valence-electron chi connectivity index (χ0n) is 11.2. The van der Waals surface area contributed by atoms with Gasteiger partial charge in [-0.2, -0.15) is 0 Å². The summed E-state index contributed by atoms with van der Waals surface area (Å²) in [6.07, 6.45) is 0.173. The molecule has 0 amide bonds. The van der Waals surface area contributed by atoms with Gasteiger partial charge in [-0.15, -0.1) is 0 Å². The molecule has 0 spiro atoms. The molecule has 0 radical (unpaired) electrons. The lowest BCUT2D eigenvalue weighted by atomic mass is 10.2. The van der Waals surface area contributed by atoms with Gasteiger partial charge >= 0.3 is 0 Å². The molecule has 0 aliphatic rings. The number of aliphatic hydroxyl groups excluding tert-OH is 1. The first-order chi connectivity index (χ1) is 8.65. The van der Waals surface area contributed by atoms with Crippen molar-refractivity contribution >= 4 is 11.6 Å². The van der Waals surface area contributed by atoms with E-state index in [1.165, 1.54) is 0 Å². The van der Waals surface area contributed by atoms with Gasteiger partial charge in [0.25, 0.3) is 0 Å². The third kappa shape index (κ3) is 5.29. The average Bonchev–Trinajstić information content (AvgIpc) is 2.29. The van der Waals surface area contributed by atoms with E-state index in [1.807, 2.05) is 19.9 Å². The number of aliphatic hydroxyl groups is 1. The molecule has 6 heteroatoms. The van der Waals surface area contributed by atoms with Crippen molar-refractivity contribution in [2.24, 2.45) is 0 Å². The number of nitrogens with zero attached hydrogens (tertiary/aromatic N) is 2. The van der Waals surface area contributed by atoms with E-state index in [1.54, 1.807) is 7.11 Å². The van der Waals surface area contributed by atoms with Crippen molar-refractivity contribution in [3.8, 4) is 0 Å². The number of aromatic nitrogens is 2. The van der Waals surface area contributed by atoms with Gasteiger partial charge in [-0.1, -0.05) is 0 Å². The molecule has 0 saturated carbocycles. The fraction of sp³-hybridized carbons (Fsp3) is 0.667. The molecule has 0 fully saturated rings. The third-order valence-electron chi connectivity index (χ3n) is 2.34. The largest absolute Gasteiger partial charge is 0.391 e. The predicted molar refractivity (Wildman–Crippen MR) is 71.9 cm³/mol. The third-order valence-corrected chi connectivity index (χ3v) is 2.34. The molecule has 1 unspecified atom stereocenters. The first-order valence-corrected chi connectivity index (χ1v) is 6.16. The lowest BCUT2D eigenvalue weighted by molar-refractivity contribution is 0.0615. The van der Waals surface area contributed by atoms with Crippen molar-refractivity contribution in [1.29, 1.82) is 0 Å². The molecular formula is C12H22N4O2. The number of hydrogen-bond donors (Lipinski definition) is 3. The second-order valence-electron chi connectivity index (χ2n) is 4.04. The van der Waals surface area contributed by atoms with Gasteiger partial charge in [-0.25, -0.2) is 9.97 Å². The molecule has 18 heavy (non-hydrogen) atoms. The molecule has 1 aromatic heterocycles. The number of nitrogens with one attached hydrogen (secondary N) is 2. The standard InChI is InChI=1S/C12H22N4O2/c1-4-13-11-7-12(16-9(2)15-11)14-6-5-10(17)8-18-3/h7,10,17H,4-6,8H2,1-3H3,(H2,13,14,15,16). The fourth-order valence-electron chi connectivity index (χ4n) is 1.57. The van der Waals surface area contributed by atoms with Gasteiger partial charge in [0.1, 0.15) is 17.5 Å². The zero-order valence-corrected chi connectivity index (χ0v) is 11.2. The molecule has 0 bridgehead atoms. The maximum Gasteiger partial charge on any atom is 0.131 e. The molecule has 0 saturated heterocycles. The van der Waals surface area contributed by atoms with Gasteiger partial charge in [0, 0.05) is 26.3 Å². The van der Waals surface area contributed by atoms with Crippen molar-refractivity contribution in [3.05, 3.63) is 11.9 Å². The highest BCUT2D eigenvalue weighted by atomic mass is 16.5. The Labute approximate surface area is 108 Å². The van der Waals surface area contributed by atoms with Crippen molar-refractivity contribution < 1.29 is 9.84 Å². The predicted octanol–water partition coefficient (Wildman–Crippen LogP) is 1.03. The maximum atomic E-state index is 9.51. The lowest BCUT2D eigenvalue weighted by Crippen LogP contribution is -2.18. The van der Waals surface area contributed by atoms with Crippen LogP contribution >= 0.6 is 0 Å². The Morgan fingerprint density at radius 3 is 2.61 bits per heavy atom. The quantitative estimate of drug-likeness (QED) is 0.643. The second-order valence-corrected chi connectivity index (χ2v) is 4.04. The molecule has 1 atom stereocenters. The van der Waals surface area contributed by atoms with Crippen LogP contribution in [0.1, 0.15) is 19.2 Å². The van der Waals surface area contributed by atoms with E-state index in [2.05, 4.69) is 20.6 Å². The Bertz CT molecular complexity index is 360. The normalized spacial score (nSPS) is 12.2. The minimum atomic E-state index is -0.446. The Morgan fingerprint density at radius 1 is 1.33 bits per heavy atom. The van der Waals surface area contributed by atoms with Crippen LogP contribution in [0.5, 0.6) is 0 Å². The highest BCUT2D eigenvalue weighted by Gasteiger charge is 2.04. The van der Waals surface area contributed by atoms with Gasteiger partial charge in [0.05, 0.1) is 12.7 Å². The van der Waals surface area contributed by atoms with Gasteiger partial charge < -0.3 is 20.5 Å². The topological polar surface area (TPSA) is 79.3 Å². The second kappa shape index (κ2) is 7.84. The minimum absolute atomic E-state index is 0.354. The molecule has 0 aliphatic heterocycles. The zero-order chi connectivity index (χ0) is 13.4. The monoisotopic (exact) mass is 254 g/mol. The Balaban J connectivity index is 2.46. The van der Waals surface area contributed by atoms with Crippen molar-refractivity contribution in [1.82, 2.24) is 9.97 Å². The summed E-state index contributed by atoms with van der Waals surface area (Å²) in [7, 11) is 1.58. The van der Waals surface area contributed by atoms with Crippen LogP contribution in [0.15, 0.2) is 6.07 Å². The molecule has 0 aromatic carbocycles. The molecule has 6 nitrogen and oxygen atoms in total. The molecular weight excluding hydrogens is 232 g/mol. The van der Waals surface area contributed by atoms with Crippen LogP contribution in [0.3, 0.4) is 0 Å². The van der Waals surface area contributed by atoms with Crippen LogP contribution < -0.4 is 10.6 Å². The van der Waals surface area contributed by atoms with Gasteiger partial charge in [-0.3, -0.25) is 0 Å². The number of rotatable bonds is 8. The van der Waals surface area contributed by atoms with Gasteiger partial charge in [0.15, 0.2) is 0 Å². The van der Waals surface area contributed by atoms with E-state index < -0.39 is 6.10 Å². The van der Waals surface area contributed by atoms with Crippen LogP contribution in [-0.2, 0) is 4.74 Å². The molecule has 1 aromatic rings. The lowest BCUT2D eigenvalue weighted by Gasteiger charge is -2.11. The summed E-state index contributed by atoms with van der Waals surface area (Å²) >= 11 is 0. The highest BCUT2D eigenvalue weighted by Crippen LogP contribution is 2.10. The van der Waals surface area contributed by atoms with Crippen LogP contribution in [-0.4, -0.2) is 48.0 Å². The smallest absolute Gasteiger partial charge is 0.131 e. The first-order valence-electron chi connectivity index (χ1n) is 6.16. The Kier molecular flexibility index (Phi) is 6.38. The molecule has 1 heterocycles. The van der Waals surface area contributed by atoms with E-state index in [0.717, 1.165) is 18.2 Å². The van der Waals surface area contributed by atoms with Crippen LogP contribution in [0, 0.1) is 6.92 Å². The highest BCUT2D eigenvalue weighted by molar-refractivity contribution is 5.47. The van der Waals surface area contributed by atoms with E-state index in [0.29, 0.717) is 25.4 Å².